The van der Waals surface area contributed by atoms with Gasteiger partial charge < -0.3 is 5.32 Å². The second-order valence-electron chi connectivity index (χ2n) is 6.14. The van der Waals surface area contributed by atoms with Crippen LogP contribution in [0.4, 0.5) is 10.5 Å². The fourth-order valence-electron chi connectivity index (χ4n) is 2.68. The van der Waals surface area contributed by atoms with Gasteiger partial charge in [0.15, 0.2) is 0 Å². The van der Waals surface area contributed by atoms with Crippen molar-refractivity contribution in [2.24, 2.45) is 0 Å². The molecule has 1 aliphatic rings. The number of nitrogens with one attached hydrogen (secondary N) is 2. The number of carbonyl (C=O) groups excluding carboxylic acids is 3. The average Bonchev–Trinajstić information content (AvgIpc) is 2.91. The van der Waals surface area contributed by atoms with Crippen molar-refractivity contribution in [3.8, 4) is 0 Å². The maximum Gasteiger partial charge on any atom is 0.344 e. The minimum atomic E-state index is -1.44. The lowest BCUT2D eigenvalue weighted by Crippen LogP contribution is -2.48. The Kier molecular flexibility index (Phi) is 5.32. The monoisotopic (exact) mass is 400 g/mol. The number of thioether (sulfide) groups is 1. The molecule has 10 heteroatoms. The molecule has 4 amide bonds. The van der Waals surface area contributed by atoms with Crippen molar-refractivity contribution in [1.82, 2.24) is 15.8 Å². The lowest BCUT2D eigenvalue weighted by molar-refractivity contribution is -0.384. The Bertz CT molecular complexity index is 935. The predicted octanol–water partition coefficient (Wildman–Crippen LogP) is 2.19. The number of hydrogen-bond acceptors (Lipinski definition) is 6. The summed E-state index contributed by atoms with van der Waals surface area (Å²) in [6.07, 6.45) is 0. The van der Waals surface area contributed by atoms with Gasteiger partial charge in [0.1, 0.15) is 5.54 Å². The highest BCUT2D eigenvalue weighted by Crippen LogP contribution is 2.29. The first-order valence-corrected chi connectivity index (χ1v) is 9.19. The van der Waals surface area contributed by atoms with Gasteiger partial charge in [0.05, 0.1) is 10.7 Å². The summed E-state index contributed by atoms with van der Waals surface area (Å²) in [6.45, 7) is 1.47. The summed E-state index contributed by atoms with van der Waals surface area (Å²) in [6, 6.07) is 13.7. The van der Waals surface area contributed by atoms with Crippen molar-refractivity contribution in [3.05, 3.63) is 70.3 Å². The van der Waals surface area contributed by atoms with E-state index < -0.39 is 28.3 Å². The summed E-state index contributed by atoms with van der Waals surface area (Å²) in [4.78, 5) is 48.2. The van der Waals surface area contributed by atoms with Crippen LogP contribution in [0, 0.1) is 10.1 Å². The third-order valence-corrected chi connectivity index (χ3v) is 5.21. The van der Waals surface area contributed by atoms with Gasteiger partial charge in [0.2, 0.25) is 5.91 Å². The Morgan fingerprint density at radius 1 is 1.18 bits per heavy atom. The number of rotatable bonds is 6. The number of nitrogens with zero attached hydrogens (tertiary/aromatic N) is 2. The maximum absolute atomic E-state index is 12.8. The molecule has 0 aromatic heterocycles. The maximum atomic E-state index is 12.8. The van der Waals surface area contributed by atoms with Gasteiger partial charge in [0, 0.05) is 17.0 Å². The number of benzene rings is 2. The van der Waals surface area contributed by atoms with Crippen LogP contribution in [0.15, 0.2) is 59.5 Å². The zero-order valence-corrected chi connectivity index (χ0v) is 15.6. The van der Waals surface area contributed by atoms with E-state index in [1.165, 1.54) is 43.0 Å². The molecule has 0 aliphatic carbocycles. The molecule has 1 atom stereocenters. The minimum Gasteiger partial charge on any atom is -0.318 e. The molecule has 2 N–H and O–H groups in total. The van der Waals surface area contributed by atoms with Crippen molar-refractivity contribution in [1.29, 1.82) is 0 Å². The molecule has 1 saturated heterocycles. The summed E-state index contributed by atoms with van der Waals surface area (Å²) in [7, 11) is 0. The molecule has 0 bridgehead atoms. The van der Waals surface area contributed by atoms with Crippen LogP contribution in [-0.2, 0) is 15.1 Å². The summed E-state index contributed by atoms with van der Waals surface area (Å²) in [5.74, 6) is -1.16. The van der Waals surface area contributed by atoms with E-state index in [1.807, 2.05) is 30.3 Å². The minimum absolute atomic E-state index is 0.0231. The first-order chi connectivity index (χ1) is 13.3. The van der Waals surface area contributed by atoms with Crippen molar-refractivity contribution in [2.45, 2.75) is 17.4 Å². The number of nitro groups is 1. The molecule has 144 valence electrons. The summed E-state index contributed by atoms with van der Waals surface area (Å²) >= 11 is 1.27. The normalized spacial score (nSPS) is 18.7. The third-order valence-electron chi connectivity index (χ3n) is 4.20. The van der Waals surface area contributed by atoms with Gasteiger partial charge >= 0.3 is 6.03 Å². The molecule has 0 spiro atoms. The zero-order chi connectivity index (χ0) is 20.3. The van der Waals surface area contributed by atoms with Crippen molar-refractivity contribution < 1.29 is 19.3 Å². The second-order valence-corrected chi connectivity index (χ2v) is 7.19. The number of amides is 4. The smallest absolute Gasteiger partial charge is 0.318 e. The topological polar surface area (TPSA) is 122 Å². The molecule has 0 unspecified atom stereocenters. The Labute approximate surface area is 164 Å². The Balaban J connectivity index is 1.68. The van der Waals surface area contributed by atoms with E-state index in [0.717, 1.165) is 4.90 Å². The van der Waals surface area contributed by atoms with Crippen molar-refractivity contribution in [3.63, 3.8) is 0 Å². The van der Waals surface area contributed by atoms with Gasteiger partial charge in [-0.1, -0.05) is 18.2 Å². The van der Waals surface area contributed by atoms with E-state index in [-0.39, 0.29) is 11.4 Å². The standard InChI is InChI=1S/C18H16N4O5S/c1-18(12-7-9-13(10-8-12)22(26)27)16(24)21(17(25)19-18)20-15(23)11-28-14-5-3-2-4-6-14/h2-10H,11H2,1H3,(H,19,25)(H,20,23)/t18-/m0/s1. The lowest BCUT2D eigenvalue weighted by atomic mass is 9.92. The number of carbonyl (C=O) groups is 3. The molecule has 1 heterocycles. The van der Waals surface area contributed by atoms with E-state index in [0.29, 0.717) is 10.6 Å². The molecule has 3 rings (SSSR count). The molecular formula is C18H16N4O5S. The molecule has 9 nitrogen and oxygen atoms in total. The van der Waals surface area contributed by atoms with Gasteiger partial charge in [-0.15, -0.1) is 11.8 Å². The first kappa shape index (κ1) is 19.4. The highest BCUT2D eigenvalue weighted by atomic mass is 32.2. The van der Waals surface area contributed by atoms with Crippen LogP contribution in [0.25, 0.3) is 0 Å². The third kappa shape index (κ3) is 3.81. The van der Waals surface area contributed by atoms with Crippen molar-refractivity contribution >= 4 is 35.3 Å². The molecule has 0 saturated carbocycles. The SMILES string of the molecule is C[C@@]1(c2ccc([N+](=O)[O-])cc2)NC(=O)N(NC(=O)CSc2ccccc2)C1=O. The van der Waals surface area contributed by atoms with E-state index in [9.17, 15) is 24.5 Å². The summed E-state index contributed by atoms with van der Waals surface area (Å²) in [5, 5.41) is 13.9. The lowest BCUT2D eigenvalue weighted by Gasteiger charge is -2.22. The Hall–Kier alpha value is -3.40. The number of non-ortho nitro benzene ring substituents is 1. The quantitative estimate of drug-likeness (QED) is 0.332. The molecule has 2 aromatic rings. The molecule has 2 aromatic carbocycles. The van der Waals surface area contributed by atoms with E-state index in [4.69, 9.17) is 0 Å². The number of urea groups is 1. The van der Waals surface area contributed by atoms with Crippen LogP contribution in [0.5, 0.6) is 0 Å². The average molecular weight is 400 g/mol. The first-order valence-electron chi connectivity index (χ1n) is 8.20. The van der Waals surface area contributed by atoms with Gasteiger partial charge in [0.25, 0.3) is 11.6 Å². The fraction of sp³-hybridized carbons (Fsp3) is 0.167. The molecule has 0 radical (unpaired) electrons. The van der Waals surface area contributed by atoms with Gasteiger partial charge in [-0.3, -0.25) is 25.1 Å². The van der Waals surface area contributed by atoms with Crippen LogP contribution in [0.3, 0.4) is 0 Å². The molecule has 1 fully saturated rings. The van der Waals surface area contributed by atoms with Crippen LogP contribution in [0.1, 0.15) is 12.5 Å². The van der Waals surface area contributed by atoms with Gasteiger partial charge in [-0.05, 0) is 36.8 Å². The number of hydrogen-bond donors (Lipinski definition) is 2. The van der Waals surface area contributed by atoms with Crippen LogP contribution < -0.4 is 10.7 Å². The van der Waals surface area contributed by atoms with E-state index in [2.05, 4.69) is 10.7 Å². The molecular weight excluding hydrogens is 384 g/mol. The molecule has 28 heavy (non-hydrogen) atoms. The van der Waals surface area contributed by atoms with E-state index in [1.54, 1.807) is 0 Å². The van der Waals surface area contributed by atoms with Gasteiger partial charge in [-0.25, -0.2) is 4.79 Å². The second kappa shape index (κ2) is 7.69. The number of imide groups is 1. The Morgan fingerprint density at radius 3 is 2.43 bits per heavy atom. The highest BCUT2D eigenvalue weighted by molar-refractivity contribution is 8.00. The predicted molar refractivity (Wildman–Crippen MR) is 101 cm³/mol. The largest absolute Gasteiger partial charge is 0.344 e. The highest BCUT2D eigenvalue weighted by Gasteiger charge is 2.50. The summed E-state index contributed by atoms with van der Waals surface area (Å²) in [5.41, 5.74) is 1.10. The number of hydrazine groups is 1. The van der Waals surface area contributed by atoms with Crippen molar-refractivity contribution in [2.75, 3.05) is 5.75 Å². The Morgan fingerprint density at radius 2 is 1.82 bits per heavy atom. The van der Waals surface area contributed by atoms with E-state index >= 15 is 0 Å². The number of nitro benzene ring substituents is 1. The van der Waals surface area contributed by atoms with Crippen LogP contribution in [0.2, 0.25) is 0 Å². The van der Waals surface area contributed by atoms with Crippen LogP contribution in [-0.4, -0.2) is 33.5 Å². The zero-order valence-electron chi connectivity index (χ0n) is 14.7. The van der Waals surface area contributed by atoms with Gasteiger partial charge in [-0.2, -0.15) is 5.01 Å². The summed E-state index contributed by atoms with van der Waals surface area (Å²) < 4.78 is 0. The fourth-order valence-corrected chi connectivity index (χ4v) is 3.39. The molecule has 1 aliphatic heterocycles. The van der Waals surface area contributed by atoms with Crippen LogP contribution >= 0.6 is 11.8 Å².